The van der Waals surface area contributed by atoms with E-state index < -0.39 is 0 Å². The zero-order chi connectivity index (χ0) is 15.0. The number of carbonyl (C=O) groups excluding carboxylic acids is 2. The lowest BCUT2D eigenvalue weighted by Gasteiger charge is -2.50. The molecule has 0 fully saturated rings. The maximum Gasteiger partial charge on any atom is 0.306 e. The SMILES string of the molecule is CCOC(=O)C[C@]1(C)C=CC[C@]2(C)C(=O)C(C)=CC[C@@H]12. The quantitative estimate of drug-likeness (QED) is 0.586. The van der Waals surface area contributed by atoms with E-state index in [1.807, 2.05) is 26.8 Å². The van der Waals surface area contributed by atoms with E-state index in [2.05, 4.69) is 19.1 Å². The molecule has 0 radical (unpaired) electrons. The zero-order valence-corrected chi connectivity index (χ0v) is 12.9. The summed E-state index contributed by atoms with van der Waals surface area (Å²) in [7, 11) is 0. The van der Waals surface area contributed by atoms with Crippen LogP contribution in [0.4, 0.5) is 0 Å². The summed E-state index contributed by atoms with van der Waals surface area (Å²) in [4.78, 5) is 24.4. The Labute approximate surface area is 121 Å². The van der Waals surface area contributed by atoms with E-state index in [0.717, 1.165) is 18.4 Å². The summed E-state index contributed by atoms with van der Waals surface area (Å²) in [5, 5.41) is 0. The summed E-state index contributed by atoms with van der Waals surface area (Å²) in [6, 6.07) is 0. The fraction of sp³-hybridized carbons (Fsp3) is 0.647. The Kier molecular flexibility index (Phi) is 3.90. The molecule has 3 heteroatoms. The third-order valence-corrected chi connectivity index (χ3v) is 4.97. The highest BCUT2D eigenvalue weighted by atomic mass is 16.5. The van der Waals surface area contributed by atoms with Crippen LogP contribution in [0, 0.1) is 16.7 Å². The molecule has 2 aliphatic rings. The van der Waals surface area contributed by atoms with Crippen LogP contribution >= 0.6 is 0 Å². The highest BCUT2D eigenvalue weighted by Crippen LogP contribution is 2.54. The molecule has 0 aromatic rings. The Morgan fingerprint density at radius 2 is 2.15 bits per heavy atom. The van der Waals surface area contributed by atoms with E-state index in [-0.39, 0.29) is 28.5 Å². The van der Waals surface area contributed by atoms with E-state index in [1.54, 1.807) is 0 Å². The number of hydrogen-bond donors (Lipinski definition) is 0. The van der Waals surface area contributed by atoms with Gasteiger partial charge in [0.25, 0.3) is 0 Å². The molecule has 110 valence electrons. The van der Waals surface area contributed by atoms with Gasteiger partial charge >= 0.3 is 5.97 Å². The fourth-order valence-electron chi connectivity index (χ4n) is 3.88. The first kappa shape index (κ1) is 15.0. The van der Waals surface area contributed by atoms with Crippen LogP contribution in [-0.2, 0) is 14.3 Å². The van der Waals surface area contributed by atoms with E-state index in [9.17, 15) is 9.59 Å². The number of rotatable bonds is 3. The first-order valence-corrected chi connectivity index (χ1v) is 7.38. The molecule has 0 aliphatic heterocycles. The van der Waals surface area contributed by atoms with Crippen LogP contribution in [0.2, 0.25) is 0 Å². The molecule has 0 spiro atoms. The highest BCUT2D eigenvalue weighted by Gasteiger charge is 2.52. The van der Waals surface area contributed by atoms with Crippen LogP contribution in [0.3, 0.4) is 0 Å². The van der Waals surface area contributed by atoms with Gasteiger partial charge in [-0.2, -0.15) is 0 Å². The molecule has 0 bridgehead atoms. The predicted octanol–water partition coefficient (Wildman–Crippen LogP) is 3.45. The maximum absolute atomic E-state index is 12.6. The number of fused-ring (bicyclic) bond motifs is 1. The summed E-state index contributed by atoms with van der Waals surface area (Å²) < 4.78 is 5.10. The van der Waals surface area contributed by atoms with E-state index in [0.29, 0.717) is 13.0 Å². The van der Waals surface area contributed by atoms with Gasteiger partial charge in [-0.05, 0) is 43.6 Å². The average Bonchev–Trinajstić information content (AvgIpc) is 2.35. The molecule has 2 rings (SSSR count). The number of Topliss-reactive ketones (excluding diaryl/α,β-unsaturated/α-hetero) is 1. The van der Waals surface area contributed by atoms with Gasteiger partial charge in [0.05, 0.1) is 13.0 Å². The Morgan fingerprint density at radius 1 is 1.45 bits per heavy atom. The Balaban J connectivity index is 2.32. The smallest absolute Gasteiger partial charge is 0.306 e. The van der Waals surface area contributed by atoms with Crippen LogP contribution in [0.25, 0.3) is 0 Å². The van der Waals surface area contributed by atoms with Gasteiger partial charge in [-0.15, -0.1) is 0 Å². The number of ketones is 1. The van der Waals surface area contributed by atoms with Crippen LogP contribution < -0.4 is 0 Å². The molecule has 0 heterocycles. The van der Waals surface area contributed by atoms with E-state index in [1.165, 1.54) is 0 Å². The van der Waals surface area contributed by atoms with Crippen molar-refractivity contribution >= 4 is 11.8 Å². The molecule has 0 unspecified atom stereocenters. The number of carbonyl (C=O) groups is 2. The van der Waals surface area contributed by atoms with Crippen molar-refractivity contribution in [1.29, 1.82) is 0 Å². The van der Waals surface area contributed by atoms with Gasteiger partial charge in [0, 0.05) is 5.41 Å². The van der Waals surface area contributed by atoms with Gasteiger partial charge in [0.2, 0.25) is 0 Å². The fourth-order valence-corrected chi connectivity index (χ4v) is 3.88. The lowest BCUT2D eigenvalue weighted by Crippen LogP contribution is -2.48. The molecule has 0 aromatic heterocycles. The monoisotopic (exact) mass is 276 g/mol. The largest absolute Gasteiger partial charge is 0.466 e. The second kappa shape index (κ2) is 5.19. The van der Waals surface area contributed by atoms with Crippen LogP contribution in [0.1, 0.15) is 47.0 Å². The summed E-state index contributed by atoms with van der Waals surface area (Å²) >= 11 is 0. The van der Waals surface area contributed by atoms with Crippen LogP contribution in [-0.4, -0.2) is 18.4 Å². The molecule has 2 aliphatic carbocycles. The normalized spacial score (nSPS) is 36.3. The van der Waals surface area contributed by atoms with Gasteiger partial charge in [0.15, 0.2) is 5.78 Å². The topological polar surface area (TPSA) is 43.4 Å². The molecule has 3 nitrogen and oxygen atoms in total. The minimum atomic E-state index is -0.380. The Bertz CT molecular complexity index is 488. The van der Waals surface area contributed by atoms with Crippen molar-refractivity contribution < 1.29 is 14.3 Å². The van der Waals surface area contributed by atoms with Crippen molar-refractivity contribution in [3.8, 4) is 0 Å². The third kappa shape index (κ3) is 2.34. The van der Waals surface area contributed by atoms with Gasteiger partial charge < -0.3 is 4.74 Å². The lowest BCUT2D eigenvalue weighted by atomic mass is 9.53. The molecular weight excluding hydrogens is 252 g/mol. The molecule has 0 amide bonds. The van der Waals surface area contributed by atoms with Crippen molar-refractivity contribution in [3.63, 3.8) is 0 Å². The van der Waals surface area contributed by atoms with Crippen molar-refractivity contribution in [2.75, 3.05) is 6.61 Å². The predicted molar refractivity (Wildman–Crippen MR) is 78.1 cm³/mol. The maximum atomic E-state index is 12.6. The van der Waals surface area contributed by atoms with Crippen LogP contribution in [0.15, 0.2) is 23.8 Å². The second-order valence-electron chi connectivity index (χ2n) is 6.52. The Morgan fingerprint density at radius 3 is 2.80 bits per heavy atom. The minimum Gasteiger partial charge on any atom is -0.466 e. The van der Waals surface area contributed by atoms with E-state index >= 15 is 0 Å². The standard InChI is InChI=1S/C17H24O3/c1-5-20-14(18)11-16(3)9-6-10-17(4)13(16)8-7-12(2)15(17)19/h6-7,9,13H,5,8,10-11H2,1-4H3/t13-,16-,17-/m0/s1. The molecule has 20 heavy (non-hydrogen) atoms. The molecule has 0 aromatic carbocycles. The number of ether oxygens (including phenoxy) is 1. The third-order valence-electron chi connectivity index (χ3n) is 4.97. The van der Waals surface area contributed by atoms with Crippen molar-refractivity contribution in [2.45, 2.75) is 47.0 Å². The van der Waals surface area contributed by atoms with Gasteiger partial charge in [-0.3, -0.25) is 9.59 Å². The molecular formula is C17H24O3. The molecule has 0 saturated heterocycles. The van der Waals surface area contributed by atoms with Crippen molar-refractivity contribution in [3.05, 3.63) is 23.8 Å². The first-order valence-electron chi connectivity index (χ1n) is 7.38. The first-order chi connectivity index (χ1) is 9.33. The zero-order valence-electron chi connectivity index (χ0n) is 12.9. The number of allylic oxidation sites excluding steroid dienone is 4. The van der Waals surface area contributed by atoms with Gasteiger partial charge in [-0.25, -0.2) is 0 Å². The summed E-state index contributed by atoms with van der Waals surface area (Å²) in [5.74, 6) is 0.219. The lowest BCUT2D eigenvalue weighted by molar-refractivity contribution is -0.148. The number of esters is 1. The van der Waals surface area contributed by atoms with Crippen molar-refractivity contribution in [2.24, 2.45) is 16.7 Å². The van der Waals surface area contributed by atoms with Crippen molar-refractivity contribution in [1.82, 2.24) is 0 Å². The van der Waals surface area contributed by atoms with Gasteiger partial charge in [-0.1, -0.05) is 32.1 Å². The van der Waals surface area contributed by atoms with E-state index in [4.69, 9.17) is 4.74 Å². The second-order valence-corrected chi connectivity index (χ2v) is 6.52. The molecule has 0 saturated carbocycles. The summed E-state index contributed by atoms with van der Waals surface area (Å²) in [5.41, 5.74) is 0.179. The summed E-state index contributed by atoms with van der Waals surface area (Å²) in [6.45, 7) is 8.23. The van der Waals surface area contributed by atoms with Crippen LogP contribution in [0.5, 0.6) is 0 Å². The summed E-state index contributed by atoms with van der Waals surface area (Å²) in [6.07, 6.45) is 8.16. The average molecular weight is 276 g/mol. The molecule has 0 N–H and O–H groups in total. The Hall–Kier alpha value is -1.38. The van der Waals surface area contributed by atoms with Gasteiger partial charge in [0.1, 0.15) is 0 Å². The highest BCUT2D eigenvalue weighted by molar-refractivity contribution is 6.00. The molecule has 3 atom stereocenters. The minimum absolute atomic E-state index is 0.167. The number of hydrogen-bond acceptors (Lipinski definition) is 3.